The number of benzene rings is 1. The number of primary amides is 1. The maximum absolute atomic E-state index is 12.7. The number of aromatic nitrogens is 3. The molecule has 3 N–H and O–H groups in total. The van der Waals surface area contributed by atoms with Crippen LogP contribution in [0.5, 0.6) is 0 Å². The molecule has 1 aromatic carbocycles. The highest BCUT2D eigenvalue weighted by Gasteiger charge is 2.16. The number of pyridine rings is 1. The summed E-state index contributed by atoms with van der Waals surface area (Å²) in [5, 5.41) is 2.74. The van der Waals surface area contributed by atoms with Crippen LogP contribution in [0, 0.1) is 0 Å². The lowest BCUT2D eigenvalue weighted by atomic mass is 10.2. The fourth-order valence-corrected chi connectivity index (χ4v) is 2.82. The highest BCUT2D eigenvalue weighted by molar-refractivity contribution is 5.96. The molecule has 154 valence electrons. The molecule has 0 saturated carbocycles. The largest absolute Gasteiger partial charge is 0.366 e. The van der Waals surface area contributed by atoms with E-state index in [4.69, 9.17) is 5.73 Å². The number of amides is 3. The van der Waals surface area contributed by atoms with Crippen LogP contribution in [0.1, 0.15) is 34.1 Å². The Hall–Kier alpha value is -4.01. The number of hydrogen-bond donors (Lipinski definition) is 2. The minimum atomic E-state index is -0.530. The first-order chi connectivity index (χ1) is 14.5. The summed E-state index contributed by atoms with van der Waals surface area (Å²) in [7, 11) is 0. The molecule has 3 aromatic rings. The van der Waals surface area contributed by atoms with Crippen LogP contribution >= 0.6 is 0 Å². The summed E-state index contributed by atoms with van der Waals surface area (Å²) in [5.74, 6) is -0.297. The van der Waals surface area contributed by atoms with Gasteiger partial charge in [-0.3, -0.25) is 19.0 Å². The number of nitrogens with zero attached hydrogens (tertiary/aromatic N) is 4. The molecule has 0 aliphatic rings. The average molecular weight is 406 g/mol. The zero-order valence-electron chi connectivity index (χ0n) is 16.5. The minimum Gasteiger partial charge on any atom is -0.366 e. The summed E-state index contributed by atoms with van der Waals surface area (Å²) < 4.78 is 1.74. The maximum atomic E-state index is 12.7. The molecule has 0 radical (unpaired) electrons. The van der Waals surface area contributed by atoms with E-state index in [-0.39, 0.29) is 24.8 Å². The van der Waals surface area contributed by atoms with Gasteiger partial charge in [-0.05, 0) is 43.3 Å². The Bertz CT molecular complexity index is 1010. The number of hydrogen-bond acceptors (Lipinski definition) is 5. The van der Waals surface area contributed by atoms with Gasteiger partial charge in [0.15, 0.2) is 0 Å². The summed E-state index contributed by atoms with van der Waals surface area (Å²) in [6.07, 6.45) is 6.69. The number of nitrogens with two attached hydrogens (primary N) is 1. The molecule has 3 rings (SSSR count). The van der Waals surface area contributed by atoms with Crippen molar-refractivity contribution in [3.05, 3.63) is 72.4 Å². The molecule has 30 heavy (non-hydrogen) atoms. The molecule has 0 bridgehead atoms. The predicted octanol–water partition coefficient (Wildman–Crippen LogP) is 1.86. The molecule has 0 aliphatic heterocycles. The van der Waals surface area contributed by atoms with Crippen molar-refractivity contribution in [2.24, 2.45) is 5.73 Å². The highest BCUT2D eigenvalue weighted by Crippen LogP contribution is 2.11. The summed E-state index contributed by atoms with van der Waals surface area (Å²) in [5.41, 5.74) is 6.56. The second kappa shape index (κ2) is 9.46. The Morgan fingerprint density at radius 3 is 2.40 bits per heavy atom. The van der Waals surface area contributed by atoms with Crippen molar-refractivity contribution in [1.29, 1.82) is 0 Å². The van der Waals surface area contributed by atoms with Crippen LogP contribution in [0.15, 0.2) is 61.3 Å². The van der Waals surface area contributed by atoms with Crippen molar-refractivity contribution in [3.8, 4) is 5.82 Å². The monoisotopic (exact) mass is 406 g/mol. The standard InChI is InChI=1S/C21H22N6O3/c1-2-26(11-9-19(28)25-17-6-3-15(4-7-17)20(22)29)21(30)16-5-8-18(24-13-16)27-12-10-23-14-27/h3-8,10,12-14H,2,9,11H2,1H3,(H2,22,29)(H,25,28). The van der Waals surface area contributed by atoms with Crippen LogP contribution in [0.2, 0.25) is 0 Å². The molecular weight excluding hydrogens is 384 g/mol. The summed E-state index contributed by atoms with van der Waals surface area (Å²) >= 11 is 0. The van der Waals surface area contributed by atoms with Gasteiger partial charge in [-0.25, -0.2) is 9.97 Å². The smallest absolute Gasteiger partial charge is 0.255 e. The fraction of sp³-hybridized carbons (Fsp3) is 0.190. The second-order valence-electron chi connectivity index (χ2n) is 6.50. The van der Waals surface area contributed by atoms with Gasteiger partial charge in [0.2, 0.25) is 11.8 Å². The van der Waals surface area contributed by atoms with Crippen molar-refractivity contribution >= 4 is 23.4 Å². The fourth-order valence-electron chi connectivity index (χ4n) is 2.82. The summed E-state index contributed by atoms with van der Waals surface area (Å²) in [6, 6.07) is 9.74. The van der Waals surface area contributed by atoms with E-state index in [2.05, 4.69) is 15.3 Å². The quantitative estimate of drug-likeness (QED) is 0.591. The molecule has 0 fully saturated rings. The molecule has 0 aliphatic carbocycles. The number of rotatable bonds is 8. The topological polar surface area (TPSA) is 123 Å². The van der Waals surface area contributed by atoms with Crippen molar-refractivity contribution < 1.29 is 14.4 Å². The number of carbonyl (C=O) groups is 3. The van der Waals surface area contributed by atoms with Crippen molar-refractivity contribution in [3.63, 3.8) is 0 Å². The van der Waals surface area contributed by atoms with E-state index in [1.807, 2.05) is 6.92 Å². The molecule has 0 spiro atoms. The van der Waals surface area contributed by atoms with Crippen molar-refractivity contribution in [2.45, 2.75) is 13.3 Å². The predicted molar refractivity (Wildman–Crippen MR) is 111 cm³/mol. The van der Waals surface area contributed by atoms with E-state index in [0.717, 1.165) is 0 Å². The summed E-state index contributed by atoms with van der Waals surface area (Å²) in [6.45, 7) is 2.58. The van der Waals surface area contributed by atoms with E-state index in [9.17, 15) is 14.4 Å². The van der Waals surface area contributed by atoms with Crippen LogP contribution in [0.25, 0.3) is 5.82 Å². The molecule has 2 heterocycles. The van der Waals surface area contributed by atoms with Crippen LogP contribution in [0.4, 0.5) is 5.69 Å². The lowest BCUT2D eigenvalue weighted by molar-refractivity contribution is -0.116. The zero-order valence-corrected chi connectivity index (χ0v) is 16.5. The van der Waals surface area contributed by atoms with Gasteiger partial charge >= 0.3 is 0 Å². The Morgan fingerprint density at radius 1 is 1.10 bits per heavy atom. The molecule has 9 heteroatoms. The normalized spacial score (nSPS) is 10.4. The Labute approximate surface area is 173 Å². The van der Waals surface area contributed by atoms with E-state index in [0.29, 0.717) is 29.2 Å². The third kappa shape index (κ3) is 5.07. The highest BCUT2D eigenvalue weighted by atomic mass is 16.2. The molecular formula is C21H22N6O3. The second-order valence-corrected chi connectivity index (χ2v) is 6.50. The van der Waals surface area contributed by atoms with Crippen LogP contribution in [-0.2, 0) is 4.79 Å². The third-order valence-corrected chi connectivity index (χ3v) is 4.49. The van der Waals surface area contributed by atoms with Crippen LogP contribution in [-0.4, -0.2) is 50.2 Å². The Balaban J connectivity index is 1.55. The summed E-state index contributed by atoms with van der Waals surface area (Å²) in [4.78, 5) is 45.9. The first-order valence-corrected chi connectivity index (χ1v) is 9.41. The van der Waals surface area contributed by atoms with E-state index in [1.54, 1.807) is 64.6 Å². The van der Waals surface area contributed by atoms with Gasteiger partial charge < -0.3 is 16.0 Å². The van der Waals surface area contributed by atoms with Gasteiger partial charge in [-0.2, -0.15) is 0 Å². The molecule has 2 aromatic heterocycles. The van der Waals surface area contributed by atoms with Crippen LogP contribution < -0.4 is 11.1 Å². The lowest BCUT2D eigenvalue weighted by Gasteiger charge is -2.20. The van der Waals surface area contributed by atoms with E-state index >= 15 is 0 Å². The van der Waals surface area contributed by atoms with Gasteiger partial charge in [0.1, 0.15) is 12.1 Å². The zero-order chi connectivity index (χ0) is 21.5. The van der Waals surface area contributed by atoms with Crippen LogP contribution in [0.3, 0.4) is 0 Å². The number of nitrogens with one attached hydrogen (secondary N) is 1. The van der Waals surface area contributed by atoms with Gasteiger partial charge in [-0.15, -0.1) is 0 Å². The molecule has 9 nitrogen and oxygen atoms in total. The SMILES string of the molecule is CCN(CCC(=O)Nc1ccc(C(N)=O)cc1)C(=O)c1ccc(-n2ccnc2)nc1. The van der Waals surface area contributed by atoms with Crippen molar-refractivity contribution in [1.82, 2.24) is 19.4 Å². The molecule has 0 atom stereocenters. The Morgan fingerprint density at radius 2 is 1.83 bits per heavy atom. The number of carbonyl (C=O) groups excluding carboxylic acids is 3. The Kier molecular flexibility index (Phi) is 6.53. The average Bonchev–Trinajstić information content (AvgIpc) is 3.29. The maximum Gasteiger partial charge on any atom is 0.255 e. The van der Waals surface area contributed by atoms with Crippen molar-refractivity contribution in [2.75, 3.05) is 18.4 Å². The first kappa shape index (κ1) is 20.7. The molecule has 0 unspecified atom stereocenters. The first-order valence-electron chi connectivity index (χ1n) is 9.41. The number of imidazole rings is 1. The van der Waals surface area contributed by atoms with Gasteiger partial charge in [-0.1, -0.05) is 0 Å². The minimum absolute atomic E-state index is 0.137. The van der Waals surface area contributed by atoms with E-state index in [1.165, 1.54) is 6.20 Å². The lowest BCUT2D eigenvalue weighted by Crippen LogP contribution is -2.33. The van der Waals surface area contributed by atoms with Gasteiger partial charge in [0.05, 0.1) is 5.56 Å². The molecule has 3 amide bonds. The third-order valence-electron chi connectivity index (χ3n) is 4.49. The number of anilines is 1. The van der Waals surface area contributed by atoms with Gasteiger partial charge in [0.25, 0.3) is 5.91 Å². The molecule has 0 saturated heterocycles. The van der Waals surface area contributed by atoms with Gasteiger partial charge in [0, 0.05) is 49.4 Å². The van der Waals surface area contributed by atoms with E-state index < -0.39 is 5.91 Å².